The van der Waals surface area contributed by atoms with Gasteiger partial charge in [0.05, 0.1) is 11.2 Å². The molecule has 2 aromatic rings. The third-order valence-electron chi connectivity index (χ3n) is 1.94. The van der Waals surface area contributed by atoms with Crippen LogP contribution in [-0.2, 0) is 4.79 Å². The number of para-hydroxylation sites is 1. The van der Waals surface area contributed by atoms with Crippen LogP contribution in [0.25, 0.3) is 10.9 Å². The Morgan fingerprint density at radius 2 is 1.88 bits per heavy atom. The summed E-state index contributed by atoms with van der Waals surface area (Å²) in [5.41, 5.74) is 1.58. The minimum Gasteiger partial charge on any atom is -0.324 e. The number of rotatable bonds is 1. The quantitative estimate of drug-likeness (QED) is 0.795. The topological polar surface area (TPSA) is 42.0 Å². The lowest BCUT2D eigenvalue weighted by Gasteiger charge is -2.04. The van der Waals surface area contributed by atoms with Crippen molar-refractivity contribution in [3.63, 3.8) is 0 Å². The van der Waals surface area contributed by atoms with E-state index in [0.717, 1.165) is 16.6 Å². The molecule has 84 valence electrons. The number of hydrogen-bond donors (Lipinski definition) is 1. The van der Waals surface area contributed by atoms with Gasteiger partial charge in [-0.3, -0.25) is 9.78 Å². The average molecular weight is 216 g/mol. The summed E-state index contributed by atoms with van der Waals surface area (Å²) in [6, 6.07) is 9.55. The van der Waals surface area contributed by atoms with E-state index >= 15 is 0 Å². The third kappa shape index (κ3) is 2.79. The monoisotopic (exact) mass is 216 g/mol. The first-order valence-electron chi connectivity index (χ1n) is 5.39. The highest BCUT2D eigenvalue weighted by Gasteiger charge is 2.01. The molecular formula is C13H16N2O. The lowest BCUT2D eigenvalue weighted by atomic mass is 10.2. The summed E-state index contributed by atoms with van der Waals surface area (Å²) in [7, 11) is 0. The van der Waals surface area contributed by atoms with Gasteiger partial charge in [-0.1, -0.05) is 32.0 Å². The molecule has 3 heteroatoms. The first kappa shape index (κ1) is 12.2. The van der Waals surface area contributed by atoms with Crippen molar-refractivity contribution in [2.75, 3.05) is 5.32 Å². The zero-order chi connectivity index (χ0) is 12.0. The number of aromatic nitrogens is 1. The summed E-state index contributed by atoms with van der Waals surface area (Å²) in [4.78, 5) is 15.1. The lowest BCUT2D eigenvalue weighted by molar-refractivity contribution is -0.114. The molecule has 0 aliphatic heterocycles. The molecule has 0 fully saturated rings. The van der Waals surface area contributed by atoms with Crippen molar-refractivity contribution in [2.24, 2.45) is 0 Å². The molecule has 0 spiro atoms. The van der Waals surface area contributed by atoms with E-state index in [1.807, 2.05) is 44.2 Å². The van der Waals surface area contributed by atoms with E-state index in [4.69, 9.17) is 0 Å². The van der Waals surface area contributed by atoms with E-state index in [2.05, 4.69) is 10.3 Å². The Balaban J connectivity index is 0.000000606. The van der Waals surface area contributed by atoms with Crippen LogP contribution < -0.4 is 5.32 Å². The second-order valence-corrected chi connectivity index (χ2v) is 3.06. The Kier molecular flexibility index (Phi) is 4.45. The molecule has 1 aromatic heterocycles. The second kappa shape index (κ2) is 5.85. The van der Waals surface area contributed by atoms with Crippen molar-refractivity contribution in [2.45, 2.75) is 20.8 Å². The van der Waals surface area contributed by atoms with Crippen molar-refractivity contribution in [1.82, 2.24) is 4.98 Å². The highest BCUT2D eigenvalue weighted by molar-refractivity contribution is 5.99. The van der Waals surface area contributed by atoms with E-state index in [-0.39, 0.29) is 5.91 Å². The van der Waals surface area contributed by atoms with Crippen molar-refractivity contribution >= 4 is 22.5 Å². The molecule has 3 nitrogen and oxygen atoms in total. The fourth-order valence-electron chi connectivity index (χ4n) is 1.39. The van der Waals surface area contributed by atoms with Gasteiger partial charge in [0, 0.05) is 18.5 Å². The number of pyridine rings is 1. The van der Waals surface area contributed by atoms with Crippen molar-refractivity contribution in [1.29, 1.82) is 0 Å². The molecule has 0 aliphatic rings. The van der Waals surface area contributed by atoms with Gasteiger partial charge in [0.2, 0.25) is 5.91 Å². The predicted octanol–water partition coefficient (Wildman–Crippen LogP) is 3.22. The Hall–Kier alpha value is -1.90. The zero-order valence-electron chi connectivity index (χ0n) is 9.82. The van der Waals surface area contributed by atoms with Gasteiger partial charge in [-0.05, 0) is 12.1 Å². The number of hydrogen-bond acceptors (Lipinski definition) is 2. The van der Waals surface area contributed by atoms with Crippen molar-refractivity contribution in [3.8, 4) is 0 Å². The van der Waals surface area contributed by atoms with Crippen LogP contribution in [0.3, 0.4) is 0 Å². The van der Waals surface area contributed by atoms with Gasteiger partial charge in [-0.25, -0.2) is 0 Å². The highest BCUT2D eigenvalue weighted by atomic mass is 16.1. The standard InChI is InChI=1S/C11H10N2O.C2H6/c1-8(14)13-10-6-2-4-9-5-3-7-12-11(9)10;1-2/h2-7H,1H3,(H,13,14);1-2H3. The second-order valence-electron chi connectivity index (χ2n) is 3.06. The van der Waals surface area contributed by atoms with Crippen molar-refractivity contribution in [3.05, 3.63) is 36.5 Å². The van der Waals surface area contributed by atoms with Crippen LogP contribution in [0, 0.1) is 0 Å². The van der Waals surface area contributed by atoms with E-state index in [0.29, 0.717) is 0 Å². The maximum Gasteiger partial charge on any atom is 0.221 e. The lowest BCUT2D eigenvalue weighted by Crippen LogP contribution is -2.06. The van der Waals surface area contributed by atoms with Crippen LogP contribution in [-0.4, -0.2) is 10.9 Å². The largest absolute Gasteiger partial charge is 0.324 e. The molecule has 2 rings (SSSR count). The average Bonchev–Trinajstić information content (AvgIpc) is 2.31. The minimum absolute atomic E-state index is 0.0804. The van der Waals surface area contributed by atoms with Crippen LogP contribution in [0.1, 0.15) is 20.8 Å². The summed E-state index contributed by atoms with van der Waals surface area (Å²) in [5, 5.41) is 3.77. The Morgan fingerprint density at radius 1 is 1.19 bits per heavy atom. The Morgan fingerprint density at radius 3 is 2.56 bits per heavy atom. The number of benzene rings is 1. The van der Waals surface area contributed by atoms with Gasteiger partial charge in [-0.15, -0.1) is 0 Å². The fraction of sp³-hybridized carbons (Fsp3) is 0.231. The number of carbonyl (C=O) groups excluding carboxylic acids is 1. The molecule has 0 saturated heterocycles. The maximum absolute atomic E-state index is 10.9. The number of nitrogens with one attached hydrogen (secondary N) is 1. The molecule has 1 amide bonds. The van der Waals surface area contributed by atoms with Gasteiger partial charge in [0.15, 0.2) is 0 Å². The van der Waals surface area contributed by atoms with Gasteiger partial charge in [0.25, 0.3) is 0 Å². The van der Waals surface area contributed by atoms with Crippen LogP contribution in [0.5, 0.6) is 0 Å². The first-order chi connectivity index (χ1) is 7.77. The number of fused-ring (bicyclic) bond motifs is 1. The fourth-order valence-corrected chi connectivity index (χ4v) is 1.39. The highest BCUT2D eigenvalue weighted by Crippen LogP contribution is 2.20. The van der Waals surface area contributed by atoms with Gasteiger partial charge < -0.3 is 5.32 Å². The van der Waals surface area contributed by atoms with Crippen LogP contribution in [0.2, 0.25) is 0 Å². The number of carbonyl (C=O) groups is 1. The summed E-state index contributed by atoms with van der Waals surface area (Å²) >= 11 is 0. The van der Waals surface area contributed by atoms with Crippen molar-refractivity contribution < 1.29 is 4.79 Å². The summed E-state index contributed by atoms with van der Waals surface area (Å²) in [6.45, 7) is 5.49. The smallest absolute Gasteiger partial charge is 0.221 e. The van der Waals surface area contributed by atoms with E-state index in [1.54, 1.807) is 6.20 Å². The predicted molar refractivity (Wildman–Crippen MR) is 67.4 cm³/mol. The number of nitrogens with zero attached hydrogens (tertiary/aromatic N) is 1. The Bertz CT molecular complexity index is 475. The molecule has 0 bridgehead atoms. The molecule has 1 heterocycles. The number of anilines is 1. The summed E-state index contributed by atoms with van der Waals surface area (Å²) in [6.07, 6.45) is 1.72. The van der Waals surface area contributed by atoms with Gasteiger partial charge in [-0.2, -0.15) is 0 Å². The SMILES string of the molecule is CC.CC(=O)Nc1cccc2cccnc12. The third-order valence-corrected chi connectivity index (χ3v) is 1.94. The molecule has 0 aliphatic carbocycles. The molecule has 0 radical (unpaired) electrons. The maximum atomic E-state index is 10.9. The van der Waals surface area contributed by atoms with Gasteiger partial charge in [0.1, 0.15) is 0 Å². The normalized spacial score (nSPS) is 9.19. The zero-order valence-corrected chi connectivity index (χ0v) is 9.82. The molecule has 1 aromatic carbocycles. The Labute approximate surface area is 95.5 Å². The molecule has 1 N–H and O–H groups in total. The molecule has 16 heavy (non-hydrogen) atoms. The molecular weight excluding hydrogens is 200 g/mol. The molecule has 0 saturated carbocycles. The summed E-state index contributed by atoms with van der Waals surface area (Å²) < 4.78 is 0. The van der Waals surface area contributed by atoms with Gasteiger partial charge >= 0.3 is 0 Å². The van der Waals surface area contributed by atoms with Crippen LogP contribution in [0.4, 0.5) is 5.69 Å². The van der Waals surface area contributed by atoms with E-state index in [1.165, 1.54) is 6.92 Å². The van der Waals surface area contributed by atoms with E-state index < -0.39 is 0 Å². The van der Waals surface area contributed by atoms with Crippen LogP contribution >= 0.6 is 0 Å². The summed E-state index contributed by atoms with van der Waals surface area (Å²) in [5.74, 6) is -0.0804. The van der Waals surface area contributed by atoms with Crippen LogP contribution in [0.15, 0.2) is 36.5 Å². The van der Waals surface area contributed by atoms with E-state index in [9.17, 15) is 4.79 Å². The first-order valence-corrected chi connectivity index (χ1v) is 5.39. The molecule has 0 unspecified atom stereocenters. The number of amides is 1. The molecule has 0 atom stereocenters. The minimum atomic E-state index is -0.0804.